The summed E-state index contributed by atoms with van der Waals surface area (Å²) in [6, 6.07) is 11.1. The van der Waals surface area contributed by atoms with Crippen LogP contribution in [-0.2, 0) is 11.3 Å². The van der Waals surface area contributed by atoms with Crippen molar-refractivity contribution in [1.82, 2.24) is 14.8 Å². The Morgan fingerprint density at radius 2 is 2.07 bits per heavy atom. The van der Waals surface area contributed by atoms with E-state index in [0.29, 0.717) is 34.0 Å². The van der Waals surface area contributed by atoms with Gasteiger partial charge in [-0.25, -0.2) is 4.39 Å². The summed E-state index contributed by atoms with van der Waals surface area (Å²) in [6.45, 7) is 4.45. The van der Waals surface area contributed by atoms with Gasteiger partial charge in [-0.3, -0.25) is 4.79 Å². The average molecular weight is 469 g/mol. The Labute approximate surface area is 187 Å². The number of thioether (sulfide) groups is 1. The minimum Gasteiger partial charge on any atom is -0.483 e. The number of hydrogen-bond donors (Lipinski definition) is 1. The van der Waals surface area contributed by atoms with Crippen molar-refractivity contribution in [2.24, 2.45) is 0 Å². The molecule has 10 heteroatoms. The van der Waals surface area contributed by atoms with E-state index in [4.69, 9.17) is 27.9 Å². The summed E-state index contributed by atoms with van der Waals surface area (Å²) >= 11 is 13.0. The maximum absolute atomic E-state index is 13.2. The van der Waals surface area contributed by atoms with E-state index in [2.05, 4.69) is 15.5 Å². The normalized spacial score (nSPS) is 11.9. The summed E-state index contributed by atoms with van der Waals surface area (Å²) in [7, 11) is 0. The third-order valence-electron chi connectivity index (χ3n) is 4.07. The molecule has 0 fully saturated rings. The fraction of sp³-hybridized carbons (Fsp3) is 0.250. The van der Waals surface area contributed by atoms with Crippen molar-refractivity contribution in [3.8, 4) is 5.75 Å². The van der Waals surface area contributed by atoms with E-state index < -0.39 is 5.82 Å². The minimum atomic E-state index is -0.540. The standard InChI is InChI=1S/C20H19Cl2FN4O2S/c1-3-27-19(12(2)29-15-6-4-5-13(21)9-15)25-26-20(27)30-11-18(28)24-14-7-8-17(23)16(22)10-14/h4-10,12H,3,11H2,1-2H3,(H,24,28). The van der Waals surface area contributed by atoms with Crippen LogP contribution in [0.25, 0.3) is 0 Å². The number of nitrogens with one attached hydrogen (secondary N) is 1. The molecule has 0 aliphatic heterocycles. The highest BCUT2D eigenvalue weighted by Crippen LogP contribution is 2.26. The molecule has 0 saturated carbocycles. The first-order valence-electron chi connectivity index (χ1n) is 9.10. The van der Waals surface area contributed by atoms with Crippen LogP contribution in [0.15, 0.2) is 47.6 Å². The van der Waals surface area contributed by atoms with Gasteiger partial charge in [-0.1, -0.05) is 41.0 Å². The fourth-order valence-electron chi connectivity index (χ4n) is 2.70. The summed E-state index contributed by atoms with van der Waals surface area (Å²) in [5.41, 5.74) is 0.424. The van der Waals surface area contributed by atoms with Gasteiger partial charge in [-0.05, 0) is 50.2 Å². The number of nitrogens with zero attached hydrogens (tertiary/aromatic N) is 3. The van der Waals surface area contributed by atoms with Crippen molar-refractivity contribution < 1.29 is 13.9 Å². The molecule has 1 amide bonds. The number of hydrogen-bond acceptors (Lipinski definition) is 5. The lowest BCUT2D eigenvalue weighted by atomic mass is 10.3. The Morgan fingerprint density at radius 1 is 1.27 bits per heavy atom. The molecule has 1 N–H and O–H groups in total. The molecular weight excluding hydrogens is 450 g/mol. The van der Waals surface area contributed by atoms with E-state index >= 15 is 0 Å². The molecule has 158 valence electrons. The molecule has 0 aliphatic rings. The number of carbonyl (C=O) groups is 1. The van der Waals surface area contributed by atoms with Crippen LogP contribution in [0.1, 0.15) is 25.8 Å². The second-order valence-corrected chi connectivity index (χ2v) is 8.05. The first kappa shape index (κ1) is 22.4. The molecule has 3 rings (SSSR count). The largest absolute Gasteiger partial charge is 0.483 e. The van der Waals surface area contributed by atoms with Gasteiger partial charge in [0, 0.05) is 17.3 Å². The highest BCUT2D eigenvalue weighted by molar-refractivity contribution is 7.99. The average Bonchev–Trinajstić information content (AvgIpc) is 3.12. The maximum Gasteiger partial charge on any atom is 0.234 e. The van der Waals surface area contributed by atoms with Crippen LogP contribution >= 0.6 is 35.0 Å². The van der Waals surface area contributed by atoms with Gasteiger partial charge in [-0.2, -0.15) is 0 Å². The van der Waals surface area contributed by atoms with E-state index in [0.717, 1.165) is 0 Å². The third-order valence-corrected chi connectivity index (χ3v) is 5.56. The molecule has 2 aromatic carbocycles. The smallest absolute Gasteiger partial charge is 0.234 e. The van der Waals surface area contributed by atoms with E-state index in [1.165, 1.54) is 30.0 Å². The van der Waals surface area contributed by atoms with Crippen LogP contribution in [0.2, 0.25) is 10.0 Å². The van der Waals surface area contributed by atoms with Crippen LogP contribution in [-0.4, -0.2) is 26.4 Å². The molecule has 0 radical (unpaired) electrons. The van der Waals surface area contributed by atoms with Gasteiger partial charge >= 0.3 is 0 Å². The van der Waals surface area contributed by atoms with Crippen molar-refractivity contribution in [3.63, 3.8) is 0 Å². The number of anilines is 1. The summed E-state index contributed by atoms with van der Waals surface area (Å²) < 4.78 is 21.0. The van der Waals surface area contributed by atoms with Gasteiger partial charge in [0.15, 0.2) is 17.1 Å². The van der Waals surface area contributed by atoms with Crippen LogP contribution in [0.3, 0.4) is 0 Å². The summed E-state index contributed by atoms with van der Waals surface area (Å²) in [5.74, 6) is 0.578. The van der Waals surface area contributed by atoms with E-state index in [9.17, 15) is 9.18 Å². The van der Waals surface area contributed by atoms with Crippen molar-refractivity contribution in [3.05, 3.63) is 64.2 Å². The number of carbonyl (C=O) groups excluding carboxylic acids is 1. The van der Waals surface area contributed by atoms with Crippen LogP contribution < -0.4 is 10.1 Å². The maximum atomic E-state index is 13.2. The molecule has 1 heterocycles. The predicted octanol–water partition coefficient (Wildman–Crippen LogP) is 5.61. The Kier molecular flexibility index (Phi) is 7.58. The van der Waals surface area contributed by atoms with Gasteiger partial charge in [0.1, 0.15) is 11.6 Å². The lowest BCUT2D eigenvalue weighted by molar-refractivity contribution is -0.113. The van der Waals surface area contributed by atoms with Gasteiger partial charge in [0.2, 0.25) is 5.91 Å². The third kappa shape index (κ3) is 5.65. The van der Waals surface area contributed by atoms with Crippen molar-refractivity contribution in [1.29, 1.82) is 0 Å². The minimum absolute atomic E-state index is 0.0514. The molecular formula is C20H19Cl2FN4O2S. The summed E-state index contributed by atoms with van der Waals surface area (Å²) in [5, 5.41) is 12.2. The van der Waals surface area contributed by atoms with Crippen molar-refractivity contribution in [2.45, 2.75) is 31.7 Å². The Balaban J connectivity index is 1.63. The molecule has 30 heavy (non-hydrogen) atoms. The zero-order valence-electron chi connectivity index (χ0n) is 16.2. The second-order valence-electron chi connectivity index (χ2n) is 6.27. The molecule has 0 saturated heterocycles. The molecule has 1 atom stereocenters. The van der Waals surface area contributed by atoms with Crippen molar-refractivity contribution in [2.75, 3.05) is 11.1 Å². The number of rotatable bonds is 8. The summed E-state index contributed by atoms with van der Waals surface area (Å²) in [6.07, 6.45) is -0.361. The number of halogens is 3. The fourth-order valence-corrected chi connectivity index (χ4v) is 3.87. The monoisotopic (exact) mass is 468 g/mol. The number of amides is 1. The van der Waals surface area contributed by atoms with Crippen LogP contribution in [0.4, 0.5) is 10.1 Å². The zero-order valence-corrected chi connectivity index (χ0v) is 18.6. The number of ether oxygens (including phenoxy) is 1. The molecule has 1 unspecified atom stereocenters. The van der Waals surface area contributed by atoms with Gasteiger partial charge in [-0.15, -0.1) is 10.2 Å². The lowest BCUT2D eigenvalue weighted by Gasteiger charge is -2.15. The summed E-state index contributed by atoms with van der Waals surface area (Å²) in [4.78, 5) is 12.2. The lowest BCUT2D eigenvalue weighted by Crippen LogP contribution is -2.15. The van der Waals surface area contributed by atoms with E-state index in [-0.39, 0.29) is 22.8 Å². The predicted molar refractivity (Wildman–Crippen MR) is 117 cm³/mol. The first-order chi connectivity index (χ1) is 14.4. The highest BCUT2D eigenvalue weighted by Gasteiger charge is 2.19. The van der Waals surface area contributed by atoms with Crippen LogP contribution in [0, 0.1) is 5.82 Å². The number of benzene rings is 2. The van der Waals surface area contributed by atoms with E-state index in [1.54, 1.807) is 12.1 Å². The zero-order chi connectivity index (χ0) is 21.7. The second kappa shape index (κ2) is 10.1. The van der Waals surface area contributed by atoms with E-state index in [1.807, 2.05) is 30.5 Å². The molecule has 0 spiro atoms. The van der Waals surface area contributed by atoms with Gasteiger partial charge in [0.25, 0.3) is 0 Å². The molecule has 3 aromatic rings. The number of aromatic nitrogens is 3. The topological polar surface area (TPSA) is 69.0 Å². The first-order valence-corrected chi connectivity index (χ1v) is 10.8. The molecule has 0 aliphatic carbocycles. The Bertz CT molecular complexity index is 1050. The Morgan fingerprint density at radius 3 is 2.77 bits per heavy atom. The molecule has 1 aromatic heterocycles. The Hall–Kier alpha value is -2.29. The van der Waals surface area contributed by atoms with Gasteiger partial charge < -0.3 is 14.6 Å². The van der Waals surface area contributed by atoms with Crippen LogP contribution in [0.5, 0.6) is 5.75 Å². The van der Waals surface area contributed by atoms with Gasteiger partial charge in [0.05, 0.1) is 10.8 Å². The molecule has 6 nitrogen and oxygen atoms in total. The molecule has 0 bridgehead atoms. The quantitative estimate of drug-likeness (QED) is 0.434. The van der Waals surface area contributed by atoms with Crippen molar-refractivity contribution >= 4 is 46.6 Å². The SMILES string of the molecule is CCn1c(SCC(=O)Nc2ccc(F)c(Cl)c2)nnc1C(C)Oc1cccc(Cl)c1. The highest BCUT2D eigenvalue weighted by atomic mass is 35.5.